The van der Waals surface area contributed by atoms with Gasteiger partial charge in [-0.25, -0.2) is 4.39 Å². The molecule has 0 saturated carbocycles. The molecule has 0 atom stereocenters. The summed E-state index contributed by atoms with van der Waals surface area (Å²) in [6, 6.07) is 4.11. The summed E-state index contributed by atoms with van der Waals surface area (Å²) in [5.41, 5.74) is 6.09. The van der Waals surface area contributed by atoms with E-state index in [2.05, 4.69) is 5.32 Å². The van der Waals surface area contributed by atoms with Gasteiger partial charge >= 0.3 is 0 Å². The highest BCUT2D eigenvalue weighted by Gasteiger charge is 2.18. The Bertz CT molecular complexity index is 438. The Balaban J connectivity index is 1.77. The van der Waals surface area contributed by atoms with E-state index in [0.29, 0.717) is 23.1 Å². The van der Waals surface area contributed by atoms with Gasteiger partial charge in [-0.05, 0) is 18.2 Å². The first-order valence-electron chi connectivity index (χ1n) is 5.69. The third-order valence-electron chi connectivity index (χ3n) is 2.55. The first kappa shape index (κ1) is 13.2. The molecule has 0 bridgehead atoms. The van der Waals surface area contributed by atoms with Crippen molar-refractivity contribution in [3.8, 4) is 0 Å². The maximum atomic E-state index is 13.4. The Kier molecular flexibility index (Phi) is 4.43. The number of halogens is 1. The van der Waals surface area contributed by atoms with Crippen molar-refractivity contribution in [2.24, 2.45) is 0 Å². The van der Waals surface area contributed by atoms with Gasteiger partial charge in [0.15, 0.2) is 0 Å². The van der Waals surface area contributed by atoms with Gasteiger partial charge < -0.3 is 15.8 Å². The lowest BCUT2D eigenvalue weighted by atomic mass is 10.2. The molecule has 1 aliphatic rings. The van der Waals surface area contributed by atoms with Crippen LogP contribution in [0.5, 0.6) is 0 Å². The minimum atomic E-state index is -0.474. The van der Waals surface area contributed by atoms with Crippen molar-refractivity contribution in [3.05, 3.63) is 24.0 Å². The summed E-state index contributed by atoms with van der Waals surface area (Å²) in [5, 5.41) is 3.02. The zero-order valence-electron chi connectivity index (χ0n) is 9.82. The second-order valence-electron chi connectivity index (χ2n) is 4.07. The molecule has 18 heavy (non-hydrogen) atoms. The number of thioether (sulfide) groups is 1. The van der Waals surface area contributed by atoms with Crippen molar-refractivity contribution < 1.29 is 13.9 Å². The summed E-state index contributed by atoms with van der Waals surface area (Å²) in [7, 11) is 0. The lowest BCUT2D eigenvalue weighted by Crippen LogP contribution is -2.30. The molecule has 3 N–H and O–H groups in total. The number of anilines is 2. The second-order valence-corrected chi connectivity index (χ2v) is 5.48. The van der Waals surface area contributed by atoms with Crippen molar-refractivity contribution in [2.75, 3.05) is 30.0 Å². The number of hydrogen-bond acceptors (Lipinski definition) is 4. The van der Waals surface area contributed by atoms with Crippen LogP contribution in [0.15, 0.2) is 18.2 Å². The number of hydrogen-bond donors (Lipinski definition) is 2. The molecular weight excluding hydrogens is 255 g/mol. The molecule has 1 aromatic carbocycles. The Morgan fingerprint density at radius 2 is 2.33 bits per heavy atom. The van der Waals surface area contributed by atoms with Crippen molar-refractivity contribution in [3.63, 3.8) is 0 Å². The van der Waals surface area contributed by atoms with Crippen molar-refractivity contribution >= 4 is 29.0 Å². The van der Waals surface area contributed by atoms with Gasteiger partial charge in [-0.2, -0.15) is 11.8 Å². The fourth-order valence-corrected chi connectivity index (χ4v) is 2.50. The summed E-state index contributed by atoms with van der Waals surface area (Å²) < 4.78 is 18.4. The Hall–Kier alpha value is -1.27. The van der Waals surface area contributed by atoms with Gasteiger partial charge in [-0.1, -0.05) is 0 Å². The number of carbonyl (C=O) groups excluding carboxylic acids is 1. The smallest absolute Gasteiger partial charge is 0.225 e. The molecule has 0 aliphatic carbocycles. The van der Waals surface area contributed by atoms with Crippen LogP contribution in [0.3, 0.4) is 0 Å². The molecule has 0 radical (unpaired) electrons. The van der Waals surface area contributed by atoms with Gasteiger partial charge in [-0.3, -0.25) is 4.79 Å². The molecule has 2 rings (SSSR count). The number of nitrogen functional groups attached to an aromatic ring is 1. The second kappa shape index (κ2) is 6.06. The summed E-state index contributed by atoms with van der Waals surface area (Å²) in [4.78, 5) is 11.6. The van der Waals surface area contributed by atoms with Gasteiger partial charge in [-0.15, -0.1) is 0 Å². The van der Waals surface area contributed by atoms with Crippen LogP contribution in [0.4, 0.5) is 15.8 Å². The molecule has 4 nitrogen and oxygen atoms in total. The average Bonchev–Trinajstić information content (AvgIpc) is 2.27. The van der Waals surface area contributed by atoms with E-state index in [9.17, 15) is 9.18 Å². The number of rotatable bonds is 5. The normalized spacial score (nSPS) is 15.2. The molecule has 1 heterocycles. The lowest BCUT2D eigenvalue weighted by molar-refractivity contribution is -0.115. The Labute approximate surface area is 109 Å². The highest BCUT2D eigenvalue weighted by molar-refractivity contribution is 8.00. The van der Waals surface area contributed by atoms with E-state index in [1.54, 1.807) is 11.8 Å². The van der Waals surface area contributed by atoms with Crippen LogP contribution in [0.2, 0.25) is 0 Å². The summed E-state index contributed by atoms with van der Waals surface area (Å²) in [6.45, 7) is 1.52. The number of ether oxygens (including phenoxy) is 1. The highest BCUT2D eigenvalue weighted by atomic mass is 32.2. The molecule has 1 aliphatic heterocycles. The summed E-state index contributed by atoms with van der Waals surface area (Å²) in [5.74, 6) is 0.0360. The van der Waals surface area contributed by atoms with Crippen LogP contribution >= 0.6 is 11.8 Å². The highest BCUT2D eigenvalue weighted by Crippen LogP contribution is 2.21. The molecular formula is C12H15FN2O2S. The third kappa shape index (κ3) is 3.61. The van der Waals surface area contributed by atoms with Gasteiger partial charge in [0, 0.05) is 17.9 Å². The standard InChI is InChI=1S/C12H15FN2O2S/c13-10-2-1-8(14)5-11(10)15-12(16)3-4-18-9-6-17-7-9/h1-2,5,9H,3-4,6-7,14H2,(H,15,16). The third-order valence-corrected chi connectivity index (χ3v) is 3.74. The van der Waals surface area contributed by atoms with Gasteiger partial charge in [0.05, 0.1) is 24.2 Å². The van der Waals surface area contributed by atoms with E-state index < -0.39 is 5.82 Å². The molecule has 0 aromatic heterocycles. The van der Waals surface area contributed by atoms with Gasteiger partial charge in [0.25, 0.3) is 0 Å². The summed E-state index contributed by atoms with van der Waals surface area (Å²) >= 11 is 1.71. The SMILES string of the molecule is Nc1ccc(F)c(NC(=O)CCSC2COC2)c1. The largest absolute Gasteiger partial charge is 0.399 e. The first-order valence-corrected chi connectivity index (χ1v) is 6.74. The van der Waals surface area contributed by atoms with Crippen LogP contribution in [0.25, 0.3) is 0 Å². The van der Waals surface area contributed by atoms with Crippen LogP contribution < -0.4 is 11.1 Å². The molecule has 6 heteroatoms. The fraction of sp³-hybridized carbons (Fsp3) is 0.417. The van der Waals surface area contributed by atoms with Crippen molar-refractivity contribution in [2.45, 2.75) is 11.7 Å². The number of nitrogens with two attached hydrogens (primary N) is 1. The molecule has 1 aromatic rings. The molecule has 1 saturated heterocycles. The monoisotopic (exact) mass is 270 g/mol. The molecule has 0 spiro atoms. The number of amides is 1. The molecule has 1 amide bonds. The van der Waals surface area contributed by atoms with Gasteiger partial charge in [0.2, 0.25) is 5.91 Å². The Morgan fingerprint density at radius 1 is 1.56 bits per heavy atom. The molecule has 98 valence electrons. The maximum Gasteiger partial charge on any atom is 0.225 e. The average molecular weight is 270 g/mol. The maximum absolute atomic E-state index is 13.4. The van der Waals surface area contributed by atoms with Crippen LogP contribution in [0, 0.1) is 5.82 Å². The van der Waals surface area contributed by atoms with E-state index in [1.807, 2.05) is 0 Å². The first-order chi connectivity index (χ1) is 8.65. The minimum absolute atomic E-state index is 0.136. The minimum Gasteiger partial charge on any atom is -0.399 e. The van der Waals surface area contributed by atoms with E-state index in [1.165, 1.54) is 18.2 Å². The van der Waals surface area contributed by atoms with Crippen molar-refractivity contribution in [1.82, 2.24) is 0 Å². The molecule has 1 fully saturated rings. The topological polar surface area (TPSA) is 64.3 Å². The van der Waals surface area contributed by atoms with E-state index >= 15 is 0 Å². The van der Waals surface area contributed by atoms with Crippen LogP contribution in [0.1, 0.15) is 6.42 Å². The van der Waals surface area contributed by atoms with E-state index in [-0.39, 0.29) is 11.6 Å². The number of benzene rings is 1. The van der Waals surface area contributed by atoms with Gasteiger partial charge in [0.1, 0.15) is 5.82 Å². The summed E-state index contributed by atoms with van der Waals surface area (Å²) in [6.07, 6.45) is 0.357. The van der Waals surface area contributed by atoms with E-state index in [4.69, 9.17) is 10.5 Å². The van der Waals surface area contributed by atoms with Crippen LogP contribution in [-0.2, 0) is 9.53 Å². The number of carbonyl (C=O) groups is 1. The zero-order chi connectivity index (χ0) is 13.0. The van der Waals surface area contributed by atoms with Crippen molar-refractivity contribution in [1.29, 1.82) is 0 Å². The van der Waals surface area contributed by atoms with E-state index in [0.717, 1.165) is 13.2 Å². The quantitative estimate of drug-likeness (QED) is 0.802. The zero-order valence-corrected chi connectivity index (χ0v) is 10.6. The lowest BCUT2D eigenvalue weighted by Gasteiger charge is -2.24. The van der Waals surface area contributed by atoms with Crippen LogP contribution in [-0.4, -0.2) is 30.1 Å². The molecule has 0 unspecified atom stereocenters. The Morgan fingerprint density at radius 3 is 3.00 bits per heavy atom. The predicted octanol–water partition coefficient (Wildman–Crippen LogP) is 1.87. The predicted molar refractivity (Wildman–Crippen MR) is 71.1 cm³/mol. The fourth-order valence-electron chi connectivity index (χ4n) is 1.48. The number of nitrogens with one attached hydrogen (secondary N) is 1.